The highest BCUT2D eigenvalue weighted by atomic mass is 35.5. The third-order valence-electron chi connectivity index (χ3n) is 6.49. The highest BCUT2D eigenvalue weighted by Gasteiger charge is 2.49. The predicted molar refractivity (Wildman–Crippen MR) is 117 cm³/mol. The van der Waals surface area contributed by atoms with E-state index in [1.807, 2.05) is 6.92 Å². The van der Waals surface area contributed by atoms with Crippen LogP contribution in [0.1, 0.15) is 52.4 Å². The van der Waals surface area contributed by atoms with E-state index in [2.05, 4.69) is 5.32 Å². The van der Waals surface area contributed by atoms with Crippen LogP contribution in [0.5, 0.6) is 5.75 Å². The summed E-state index contributed by atoms with van der Waals surface area (Å²) in [7, 11) is -2.52. The number of nitrogens with one attached hydrogen (secondary N) is 1. The van der Waals surface area contributed by atoms with Gasteiger partial charge in [-0.15, -0.1) is 0 Å². The first kappa shape index (κ1) is 26.1. The second-order valence-corrected chi connectivity index (χ2v) is 11.5. The smallest absolute Gasteiger partial charge is 0.425 e. The topological polar surface area (TPSA) is 81.7 Å². The van der Waals surface area contributed by atoms with Crippen molar-refractivity contribution in [1.82, 2.24) is 5.32 Å². The van der Waals surface area contributed by atoms with E-state index in [-0.39, 0.29) is 40.0 Å². The second-order valence-electron chi connectivity index (χ2n) is 8.93. The lowest BCUT2D eigenvalue weighted by molar-refractivity contribution is -0.189. The molecule has 0 bridgehead atoms. The number of carbonyl (C=O) groups excluding carboxylic acids is 1. The summed E-state index contributed by atoms with van der Waals surface area (Å²) in [5.74, 6) is -1.01. The molecule has 1 aromatic rings. The van der Waals surface area contributed by atoms with Crippen LogP contribution in [0.25, 0.3) is 0 Å². The molecule has 3 rings (SSSR count). The van der Waals surface area contributed by atoms with Crippen LogP contribution in [0.2, 0.25) is 5.02 Å². The second kappa shape index (κ2) is 9.62. The number of rotatable bonds is 9. The maximum absolute atomic E-state index is 13.3. The zero-order valence-corrected chi connectivity index (χ0v) is 20.3. The van der Waals surface area contributed by atoms with Crippen LogP contribution in [0.15, 0.2) is 23.1 Å². The molecule has 0 aliphatic heterocycles. The fraction of sp³-hybridized carbons (Fsp3) is 0.682. The predicted octanol–water partition coefficient (Wildman–Crippen LogP) is 4.69. The molecule has 0 heterocycles. The zero-order valence-electron chi connectivity index (χ0n) is 18.7. The Balaban J connectivity index is 1.75. The summed E-state index contributed by atoms with van der Waals surface area (Å²) < 4.78 is 75.0. The van der Waals surface area contributed by atoms with E-state index in [4.69, 9.17) is 21.1 Å². The quantitative estimate of drug-likeness (QED) is 0.520. The van der Waals surface area contributed by atoms with Gasteiger partial charge in [-0.1, -0.05) is 24.9 Å². The lowest BCUT2D eigenvalue weighted by atomic mass is 10.0. The van der Waals surface area contributed by atoms with Gasteiger partial charge in [-0.25, -0.2) is 8.42 Å². The molecule has 0 spiro atoms. The van der Waals surface area contributed by atoms with E-state index < -0.39 is 39.4 Å². The molecule has 1 N–H and O–H groups in total. The maximum atomic E-state index is 13.3. The number of carbonyl (C=O) groups is 1. The molecule has 1 amide bonds. The SMILES string of the molecule is CCCC1(NC(=O)C2CC(S(=O)(=O)c3ccc(OC(C)C(F)(F)F)cc3Cl)CC2OC)CC1. The van der Waals surface area contributed by atoms with E-state index >= 15 is 0 Å². The standard InChI is InChI=1S/C22H29ClF3NO5S/c1-4-7-21(8-9-21)27-20(28)16-11-15(12-18(16)31-3)33(29,30)19-6-5-14(10-17(19)23)32-13(2)22(24,25)26/h5-6,10,13,15-16,18H,4,7-9,11-12H2,1-3H3,(H,27,28). The maximum Gasteiger partial charge on any atom is 0.425 e. The minimum atomic E-state index is -4.57. The van der Waals surface area contributed by atoms with Crippen molar-refractivity contribution < 1.29 is 35.9 Å². The molecule has 4 unspecified atom stereocenters. The Labute approximate surface area is 197 Å². The van der Waals surface area contributed by atoms with Crippen LogP contribution in [0.4, 0.5) is 13.2 Å². The number of alkyl halides is 3. The van der Waals surface area contributed by atoms with Crippen molar-refractivity contribution in [3.63, 3.8) is 0 Å². The fourth-order valence-corrected chi connectivity index (χ4v) is 6.75. The molecule has 0 radical (unpaired) electrons. The van der Waals surface area contributed by atoms with Crippen molar-refractivity contribution in [3.05, 3.63) is 23.2 Å². The van der Waals surface area contributed by atoms with E-state index in [1.54, 1.807) is 0 Å². The molecular weight excluding hydrogens is 483 g/mol. The minimum Gasteiger partial charge on any atom is -0.481 e. The van der Waals surface area contributed by atoms with Crippen LogP contribution in [-0.4, -0.2) is 50.6 Å². The van der Waals surface area contributed by atoms with Gasteiger partial charge < -0.3 is 14.8 Å². The summed E-state index contributed by atoms with van der Waals surface area (Å²) in [5, 5.41) is 1.95. The summed E-state index contributed by atoms with van der Waals surface area (Å²) in [4.78, 5) is 12.7. The van der Waals surface area contributed by atoms with Gasteiger partial charge >= 0.3 is 6.18 Å². The van der Waals surface area contributed by atoms with Gasteiger partial charge in [-0.3, -0.25) is 4.79 Å². The molecule has 2 fully saturated rings. The number of hydrogen-bond donors (Lipinski definition) is 1. The molecule has 0 saturated heterocycles. The molecule has 186 valence electrons. The van der Waals surface area contributed by atoms with Gasteiger partial charge in [-0.2, -0.15) is 13.2 Å². The molecule has 2 aliphatic rings. The number of amides is 1. The molecule has 6 nitrogen and oxygen atoms in total. The lowest BCUT2D eigenvalue weighted by Crippen LogP contribution is -2.43. The van der Waals surface area contributed by atoms with Gasteiger partial charge in [-0.05, 0) is 51.2 Å². The number of ether oxygens (including phenoxy) is 2. The number of hydrogen-bond acceptors (Lipinski definition) is 5. The molecule has 2 saturated carbocycles. The summed E-state index contributed by atoms with van der Waals surface area (Å²) in [6.45, 7) is 2.89. The summed E-state index contributed by atoms with van der Waals surface area (Å²) in [5.41, 5.74) is -0.187. The van der Waals surface area contributed by atoms with Crippen molar-refractivity contribution in [2.24, 2.45) is 5.92 Å². The van der Waals surface area contributed by atoms with Crippen LogP contribution in [0.3, 0.4) is 0 Å². The number of benzene rings is 1. The van der Waals surface area contributed by atoms with Crippen LogP contribution in [-0.2, 0) is 19.4 Å². The van der Waals surface area contributed by atoms with Gasteiger partial charge in [0.1, 0.15) is 5.75 Å². The summed E-state index contributed by atoms with van der Waals surface area (Å²) in [6.07, 6.45) is -3.36. The minimum absolute atomic E-state index is 0.0779. The normalized spacial score (nSPS) is 25.5. The first-order chi connectivity index (χ1) is 15.3. The Morgan fingerprint density at radius 3 is 2.48 bits per heavy atom. The van der Waals surface area contributed by atoms with Crippen LogP contribution >= 0.6 is 11.6 Å². The highest BCUT2D eigenvalue weighted by molar-refractivity contribution is 7.92. The Bertz CT molecular complexity index is 981. The Morgan fingerprint density at radius 1 is 1.30 bits per heavy atom. The third-order valence-corrected chi connectivity index (χ3v) is 9.15. The van der Waals surface area contributed by atoms with Gasteiger partial charge in [0, 0.05) is 18.7 Å². The molecular formula is C22H29ClF3NO5S. The fourth-order valence-electron chi connectivity index (χ4n) is 4.40. The molecule has 1 aromatic carbocycles. The average Bonchev–Trinajstić information content (AvgIpc) is 3.31. The van der Waals surface area contributed by atoms with Crippen molar-refractivity contribution in [3.8, 4) is 5.75 Å². The largest absolute Gasteiger partial charge is 0.481 e. The Morgan fingerprint density at radius 2 is 1.97 bits per heavy atom. The van der Waals surface area contributed by atoms with Gasteiger partial charge in [0.05, 0.1) is 27.2 Å². The Hall–Kier alpha value is -1.52. The van der Waals surface area contributed by atoms with Crippen LogP contribution < -0.4 is 10.1 Å². The first-order valence-electron chi connectivity index (χ1n) is 10.9. The van der Waals surface area contributed by atoms with E-state index in [1.165, 1.54) is 7.11 Å². The highest BCUT2D eigenvalue weighted by Crippen LogP contribution is 2.42. The number of halogens is 4. The Kier molecular flexibility index (Phi) is 7.60. The number of methoxy groups -OCH3 is 1. The summed E-state index contributed by atoms with van der Waals surface area (Å²) in [6, 6.07) is 3.35. The molecule has 2 aliphatic carbocycles. The van der Waals surface area contributed by atoms with Gasteiger partial charge in [0.2, 0.25) is 5.91 Å². The summed E-state index contributed by atoms with van der Waals surface area (Å²) >= 11 is 6.14. The van der Waals surface area contributed by atoms with Crippen molar-refractivity contribution in [2.75, 3.05) is 7.11 Å². The monoisotopic (exact) mass is 511 g/mol. The van der Waals surface area contributed by atoms with E-state index in [0.29, 0.717) is 0 Å². The molecule has 4 atom stereocenters. The zero-order chi connectivity index (χ0) is 24.6. The molecule has 0 aromatic heterocycles. The van der Waals surface area contributed by atoms with Crippen molar-refractivity contribution in [1.29, 1.82) is 0 Å². The van der Waals surface area contributed by atoms with Crippen molar-refractivity contribution in [2.45, 2.75) is 86.4 Å². The van der Waals surface area contributed by atoms with Gasteiger partial charge in [0.25, 0.3) is 0 Å². The molecule has 11 heteroatoms. The van der Waals surface area contributed by atoms with Crippen molar-refractivity contribution >= 4 is 27.3 Å². The molecule has 33 heavy (non-hydrogen) atoms. The third kappa shape index (κ3) is 5.77. The van der Waals surface area contributed by atoms with E-state index in [9.17, 15) is 26.4 Å². The number of sulfone groups is 1. The van der Waals surface area contributed by atoms with Gasteiger partial charge in [0.15, 0.2) is 15.9 Å². The first-order valence-corrected chi connectivity index (χ1v) is 12.9. The van der Waals surface area contributed by atoms with E-state index in [0.717, 1.165) is 50.8 Å². The average molecular weight is 512 g/mol. The van der Waals surface area contributed by atoms with Crippen LogP contribution in [0, 0.1) is 5.92 Å². The lowest BCUT2D eigenvalue weighted by Gasteiger charge is -2.22.